The first-order valence-corrected chi connectivity index (χ1v) is 11.0. The highest BCUT2D eigenvalue weighted by molar-refractivity contribution is 5.87. The molecule has 27 heavy (non-hydrogen) atoms. The highest BCUT2D eigenvalue weighted by atomic mass is 14.5. The molecule has 0 radical (unpaired) electrons. The lowest BCUT2D eigenvalue weighted by Gasteiger charge is -2.34. The second-order valence-electron chi connectivity index (χ2n) is 8.88. The lowest BCUT2D eigenvalue weighted by atomic mass is 9.69. The van der Waals surface area contributed by atoms with Gasteiger partial charge in [-0.2, -0.15) is 0 Å². The van der Waals surface area contributed by atoms with E-state index in [4.69, 9.17) is 0 Å². The van der Waals surface area contributed by atoms with Crippen LogP contribution in [0.2, 0.25) is 0 Å². The fourth-order valence-electron chi connectivity index (χ4n) is 5.62. The van der Waals surface area contributed by atoms with Gasteiger partial charge in [0.05, 0.1) is 0 Å². The molecule has 0 saturated heterocycles. The highest BCUT2D eigenvalue weighted by Gasteiger charge is 2.44. The quantitative estimate of drug-likeness (QED) is 0.351. The molecule has 0 nitrogen and oxygen atoms in total. The Morgan fingerprint density at radius 1 is 0.889 bits per heavy atom. The van der Waals surface area contributed by atoms with Crippen LogP contribution in [0.1, 0.15) is 85.3 Å². The van der Waals surface area contributed by atoms with Crippen LogP contribution in [0, 0.1) is 20.8 Å². The van der Waals surface area contributed by atoms with Crippen LogP contribution < -0.4 is 0 Å². The molecule has 0 spiro atoms. The topological polar surface area (TPSA) is 0 Å². The SMILES string of the molecule is CCCCCCCCC12C=CCc3c(C)ccc(c31)-c1c(C)cc(C)cc12. The minimum absolute atomic E-state index is 0.117. The molecule has 0 amide bonds. The van der Waals surface area contributed by atoms with Gasteiger partial charge in [-0.05, 0) is 72.6 Å². The predicted molar refractivity (Wildman–Crippen MR) is 118 cm³/mol. The van der Waals surface area contributed by atoms with Crippen LogP contribution in [0.3, 0.4) is 0 Å². The van der Waals surface area contributed by atoms with E-state index >= 15 is 0 Å². The van der Waals surface area contributed by atoms with Gasteiger partial charge in [0, 0.05) is 5.41 Å². The van der Waals surface area contributed by atoms with Gasteiger partial charge in [-0.1, -0.05) is 87.4 Å². The molecule has 1 atom stereocenters. The molecule has 0 aromatic heterocycles. The van der Waals surface area contributed by atoms with E-state index in [1.807, 2.05) is 0 Å². The third-order valence-electron chi connectivity index (χ3n) is 6.87. The summed E-state index contributed by atoms with van der Waals surface area (Å²) in [5.74, 6) is 0. The minimum Gasteiger partial charge on any atom is -0.0829 e. The van der Waals surface area contributed by atoms with Crippen molar-refractivity contribution >= 4 is 0 Å². The van der Waals surface area contributed by atoms with Crippen molar-refractivity contribution in [2.45, 2.75) is 84.5 Å². The molecule has 0 bridgehead atoms. The van der Waals surface area contributed by atoms with Crippen molar-refractivity contribution in [2.24, 2.45) is 0 Å². The maximum Gasteiger partial charge on any atom is 0.0397 e. The van der Waals surface area contributed by atoms with Crippen LogP contribution in [0.5, 0.6) is 0 Å². The molecule has 0 N–H and O–H groups in total. The summed E-state index contributed by atoms with van der Waals surface area (Å²) in [4.78, 5) is 0. The molecular weight excluding hydrogens is 324 g/mol. The number of hydrogen-bond acceptors (Lipinski definition) is 0. The van der Waals surface area contributed by atoms with E-state index in [9.17, 15) is 0 Å². The van der Waals surface area contributed by atoms with Crippen molar-refractivity contribution in [3.8, 4) is 11.1 Å². The fourth-order valence-corrected chi connectivity index (χ4v) is 5.62. The normalized spacial score (nSPS) is 19.3. The summed E-state index contributed by atoms with van der Waals surface area (Å²) < 4.78 is 0. The number of allylic oxidation sites excluding steroid dienone is 2. The summed E-state index contributed by atoms with van der Waals surface area (Å²) in [7, 11) is 0. The van der Waals surface area contributed by atoms with E-state index in [0.717, 1.165) is 6.42 Å². The van der Waals surface area contributed by atoms with E-state index < -0.39 is 0 Å². The molecule has 0 aliphatic heterocycles. The van der Waals surface area contributed by atoms with Gasteiger partial charge < -0.3 is 0 Å². The van der Waals surface area contributed by atoms with Crippen LogP contribution >= 0.6 is 0 Å². The standard InChI is InChI=1S/C27H34/c1-5-6-7-8-9-10-15-27-16-11-12-22-20(3)13-14-23(26(22)27)25-21(4)17-19(2)18-24(25)27/h11,13-14,16-18H,5-10,12,15H2,1-4H3. The summed E-state index contributed by atoms with van der Waals surface area (Å²) in [6.45, 7) is 9.16. The minimum atomic E-state index is 0.117. The third kappa shape index (κ3) is 2.98. The van der Waals surface area contributed by atoms with Crippen LogP contribution in [0.15, 0.2) is 36.4 Å². The molecule has 0 heterocycles. The van der Waals surface area contributed by atoms with E-state index in [1.54, 1.807) is 16.7 Å². The zero-order valence-corrected chi connectivity index (χ0v) is 17.6. The fraction of sp³-hybridized carbons (Fsp3) is 0.481. The Labute approximate surface area is 165 Å². The Hall–Kier alpha value is -1.82. The van der Waals surface area contributed by atoms with Gasteiger partial charge in [0.25, 0.3) is 0 Å². The monoisotopic (exact) mass is 358 g/mol. The van der Waals surface area contributed by atoms with Gasteiger partial charge in [0.15, 0.2) is 0 Å². The second-order valence-corrected chi connectivity index (χ2v) is 8.88. The smallest absolute Gasteiger partial charge is 0.0397 e. The average molecular weight is 359 g/mol. The number of hydrogen-bond donors (Lipinski definition) is 0. The zero-order valence-electron chi connectivity index (χ0n) is 17.6. The van der Waals surface area contributed by atoms with Crippen molar-refractivity contribution in [1.82, 2.24) is 0 Å². The number of aryl methyl sites for hydroxylation is 3. The molecule has 142 valence electrons. The van der Waals surface area contributed by atoms with Crippen molar-refractivity contribution < 1.29 is 0 Å². The predicted octanol–water partition coefficient (Wildman–Crippen LogP) is 7.74. The maximum absolute atomic E-state index is 2.56. The molecule has 0 saturated carbocycles. The van der Waals surface area contributed by atoms with Gasteiger partial charge in [-0.25, -0.2) is 0 Å². The van der Waals surface area contributed by atoms with Crippen LogP contribution in [-0.4, -0.2) is 0 Å². The average Bonchev–Trinajstić information content (AvgIpc) is 2.93. The summed E-state index contributed by atoms with van der Waals surface area (Å²) in [6.07, 6.45) is 15.6. The highest BCUT2D eigenvalue weighted by Crippen LogP contribution is 2.56. The first-order chi connectivity index (χ1) is 13.1. The van der Waals surface area contributed by atoms with Crippen LogP contribution in [0.25, 0.3) is 11.1 Å². The van der Waals surface area contributed by atoms with Gasteiger partial charge in [-0.3, -0.25) is 0 Å². The molecule has 2 aliphatic rings. The molecule has 2 aromatic rings. The Kier molecular flexibility index (Phi) is 5.01. The summed E-state index contributed by atoms with van der Waals surface area (Å²) >= 11 is 0. The van der Waals surface area contributed by atoms with Crippen molar-refractivity contribution in [3.63, 3.8) is 0 Å². The largest absolute Gasteiger partial charge is 0.0829 e. The van der Waals surface area contributed by atoms with Crippen molar-refractivity contribution in [3.05, 3.63) is 69.8 Å². The van der Waals surface area contributed by atoms with E-state index in [-0.39, 0.29) is 5.41 Å². The van der Waals surface area contributed by atoms with E-state index in [1.165, 1.54) is 72.8 Å². The van der Waals surface area contributed by atoms with Crippen molar-refractivity contribution in [1.29, 1.82) is 0 Å². The summed E-state index contributed by atoms with van der Waals surface area (Å²) in [5.41, 5.74) is 12.3. The Bertz CT molecular complexity index is 883. The number of unbranched alkanes of at least 4 members (excludes halogenated alkanes) is 5. The Balaban J connectivity index is 1.77. The number of fused-ring (bicyclic) bond motifs is 3. The van der Waals surface area contributed by atoms with Gasteiger partial charge >= 0.3 is 0 Å². The summed E-state index contributed by atoms with van der Waals surface area (Å²) in [5, 5.41) is 0. The Morgan fingerprint density at radius 3 is 2.48 bits per heavy atom. The first-order valence-electron chi connectivity index (χ1n) is 11.0. The van der Waals surface area contributed by atoms with E-state index in [0.29, 0.717) is 0 Å². The van der Waals surface area contributed by atoms with Gasteiger partial charge in [0.2, 0.25) is 0 Å². The molecule has 1 unspecified atom stereocenters. The molecule has 0 heteroatoms. The van der Waals surface area contributed by atoms with Crippen molar-refractivity contribution in [2.75, 3.05) is 0 Å². The summed E-state index contributed by atoms with van der Waals surface area (Å²) in [6, 6.07) is 9.59. The number of benzene rings is 2. The first kappa shape index (κ1) is 18.5. The lowest BCUT2D eigenvalue weighted by molar-refractivity contribution is 0.511. The maximum atomic E-state index is 2.56. The van der Waals surface area contributed by atoms with Crippen LogP contribution in [0.4, 0.5) is 0 Å². The van der Waals surface area contributed by atoms with Gasteiger partial charge in [0.1, 0.15) is 0 Å². The number of rotatable bonds is 7. The molecule has 4 rings (SSSR count). The molecule has 0 fully saturated rings. The third-order valence-corrected chi connectivity index (χ3v) is 6.87. The van der Waals surface area contributed by atoms with Gasteiger partial charge in [-0.15, -0.1) is 0 Å². The van der Waals surface area contributed by atoms with E-state index in [2.05, 4.69) is 64.1 Å². The Morgan fingerprint density at radius 2 is 1.67 bits per heavy atom. The molecule has 2 aromatic carbocycles. The zero-order chi connectivity index (χ0) is 19.0. The second kappa shape index (κ2) is 7.30. The molecular formula is C27H34. The molecule has 2 aliphatic carbocycles. The lowest BCUT2D eigenvalue weighted by Crippen LogP contribution is -2.27. The van der Waals surface area contributed by atoms with Crippen LogP contribution in [-0.2, 0) is 11.8 Å².